The van der Waals surface area contributed by atoms with Crippen LogP contribution in [0.3, 0.4) is 0 Å². The smallest absolute Gasteiger partial charge is 0.107 e. The molecule has 2 heteroatoms. The van der Waals surface area contributed by atoms with Crippen molar-refractivity contribution in [2.24, 2.45) is 5.92 Å². The average molecular weight is 284 g/mol. The van der Waals surface area contributed by atoms with Gasteiger partial charge in [0.25, 0.3) is 0 Å². The molecule has 1 aromatic heterocycles. The molecule has 0 amide bonds. The van der Waals surface area contributed by atoms with Crippen LogP contribution in [-0.4, -0.2) is 9.97 Å². The van der Waals surface area contributed by atoms with Crippen molar-refractivity contribution in [1.82, 2.24) is 9.97 Å². The second-order valence-corrected chi connectivity index (χ2v) is 6.66. The Morgan fingerprint density at radius 3 is 2.62 bits per heavy atom. The lowest BCUT2D eigenvalue weighted by Gasteiger charge is -2.21. The third kappa shape index (κ3) is 4.33. The predicted octanol–water partition coefficient (Wildman–Crippen LogP) is 5.64. The molecule has 0 spiro atoms. The van der Waals surface area contributed by atoms with Gasteiger partial charge in [0.15, 0.2) is 0 Å². The van der Waals surface area contributed by atoms with E-state index >= 15 is 0 Å². The van der Waals surface area contributed by atoms with Crippen LogP contribution in [0.15, 0.2) is 24.3 Å². The monoisotopic (exact) mass is 284 g/mol. The molecule has 0 unspecified atom stereocenters. The molecule has 1 aliphatic carbocycles. The third-order valence-electron chi connectivity index (χ3n) is 4.94. The Labute approximate surface area is 128 Å². The number of para-hydroxylation sites is 2. The van der Waals surface area contributed by atoms with Crippen molar-refractivity contribution in [1.29, 1.82) is 0 Å². The van der Waals surface area contributed by atoms with Gasteiger partial charge in [-0.2, -0.15) is 0 Å². The van der Waals surface area contributed by atoms with Gasteiger partial charge in [-0.15, -0.1) is 0 Å². The SMILES string of the molecule is c1ccc2[nH]c(CCCCCCC3CCCCC3)nc2c1. The standard InChI is InChI=1S/C19H28N2/c1(4-10-16-11-5-3-6-12-16)2-7-15-19-20-17-13-8-9-14-18(17)21-19/h8-9,13-14,16H,1-7,10-12,15H2,(H,20,21). The van der Waals surface area contributed by atoms with E-state index in [0.717, 1.165) is 23.7 Å². The summed E-state index contributed by atoms with van der Waals surface area (Å²) in [4.78, 5) is 8.08. The quantitative estimate of drug-likeness (QED) is 0.655. The number of hydrogen-bond acceptors (Lipinski definition) is 1. The molecular weight excluding hydrogens is 256 g/mol. The Kier molecular flexibility index (Phi) is 5.31. The van der Waals surface area contributed by atoms with Gasteiger partial charge in [-0.25, -0.2) is 4.98 Å². The topological polar surface area (TPSA) is 28.7 Å². The van der Waals surface area contributed by atoms with Crippen molar-refractivity contribution in [3.05, 3.63) is 30.1 Å². The van der Waals surface area contributed by atoms with Gasteiger partial charge in [0.1, 0.15) is 5.82 Å². The fraction of sp³-hybridized carbons (Fsp3) is 0.632. The lowest BCUT2D eigenvalue weighted by atomic mass is 9.85. The number of hydrogen-bond donors (Lipinski definition) is 1. The second-order valence-electron chi connectivity index (χ2n) is 6.66. The first kappa shape index (κ1) is 14.6. The average Bonchev–Trinajstić information content (AvgIpc) is 2.94. The molecule has 0 saturated heterocycles. The molecule has 0 atom stereocenters. The zero-order valence-corrected chi connectivity index (χ0v) is 13.1. The van der Waals surface area contributed by atoms with E-state index in [1.165, 1.54) is 69.7 Å². The minimum atomic E-state index is 1.05. The summed E-state index contributed by atoms with van der Waals surface area (Å²) in [6.07, 6.45) is 15.5. The lowest BCUT2D eigenvalue weighted by molar-refractivity contribution is 0.328. The van der Waals surface area contributed by atoms with E-state index in [0.29, 0.717) is 0 Å². The number of aromatic nitrogens is 2. The Hall–Kier alpha value is -1.31. The van der Waals surface area contributed by atoms with Gasteiger partial charge in [-0.1, -0.05) is 69.9 Å². The van der Waals surface area contributed by atoms with E-state index in [1.54, 1.807) is 0 Å². The number of aryl methyl sites for hydroxylation is 1. The molecule has 2 nitrogen and oxygen atoms in total. The molecule has 0 radical (unpaired) electrons. The number of nitrogens with one attached hydrogen (secondary N) is 1. The molecular formula is C19H28N2. The van der Waals surface area contributed by atoms with Crippen LogP contribution >= 0.6 is 0 Å². The largest absolute Gasteiger partial charge is 0.342 e. The highest BCUT2D eigenvalue weighted by Gasteiger charge is 2.12. The van der Waals surface area contributed by atoms with Gasteiger partial charge in [0.2, 0.25) is 0 Å². The second kappa shape index (κ2) is 7.63. The molecule has 114 valence electrons. The zero-order chi connectivity index (χ0) is 14.3. The van der Waals surface area contributed by atoms with Gasteiger partial charge in [0.05, 0.1) is 11.0 Å². The Morgan fingerprint density at radius 2 is 1.76 bits per heavy atom. The number of fused-ring (bicyclic) bond motifs is 1. The summed E-state index contributed by atoms with van der Waals surface area (Å²) in [5.41, 5.74) is 2.27. The van der Waals surface area contributed by atoms with Crippen LogP contribution in [-0.2, 0) is 6.42 Å². The molecule has 21 heavy (non-hydrogen) atoms. The van der Waals surface area contributed by atoms with Crippen molar-refractivity contribution >= 4 is 11.0 Å². The number of unbranched alkanes of at least 4 members (excludes halogenated alkanes) is 3. The van der Waals surface area contributed by atoms with Gasteiger partial charge < -0.3 is 4.98 Å². The van der Waals surface area contributed by atoms with Crippen LogP contribution in [0.25, 0.3) is 11.0 Å². The van der Waals surface area contributed by atoms with E-state index in [9.17, 15) is 0 Å². The van der Waals surface area contributed by atoms with Crippen molar-refractivity contribution in [3.8, 4) is 0 Å². The van der Waals surface area contributed by atoms with Crippen molar-refractivity contribution in [2.45, 2.75) is 70.6 Å². The molecule has 3 rings (SSSR count). The molecule has 1 fully saturated rings. The number of aromatic amines is 1. The molecule has 1 aliphatic rings. The number of rotatable bonds is 7. The van der Waals surface area contributed by atoms with Crippen molar-refractivity contribution < 1.29 is 0 Å². The Bertz CT molecular complexity index is 504. The Morgan fingerprint density at radius 1 is 0.952 bits per heavy atom. The van der Waals surface area contributed by atoms with Crippen molar-refractivity contribution in [2.75, 3.05) is 0 Å². The first-order valence-electron chi connectivity index (χ1n) is 8.85. The highest BCUT2D eigenvalue weighted by Crippen LogP contribution is 2.28. The number of nitrogens with zero attached hydrogens (tertiary/aromatic N) is 1. The number of benzene rings is 1. The molecule has 1 saturated carbocycles. The van der Waals surface area contributed by atoms with Crippen LogP contribution in [0.1, 0.15) is 70.0 Å². The molecule has 1 aromatic carbocycles. The first-order chi connectivity index (χ1) is 10.4. The molecule has 0 aliphatic heterocycles. The predicted molar refractivity (Wildman–Crippen MR) is 89.5 cm³/mol. The number of H-pyrrole nitrogens is 1. The maximum atomic E-state index is 4.65. The first-order valence-corrected chi connectivity index (χ1v) is 8.85. The van der Waals surface area contributed by atoms with Gasteiger partial charge in [-0.05, 0) is 24.5 Å². The van der Waals surface area contributed by atoms with Crippen LogP contribution < -0.4 is 0 Å². The van der Waals surface area contributed by atoms with Crippen LogP contribution in [0.2, 0.25) is 0 Å². The van der Waals surface area contributed by atoms with Gasteiger partial charge >= 0.3 is 0 Å². The summed E-state index contributed by atoms with van der Waals surface area (Å²) < 4.78 is 0. The highest BCUT2D eigenvalue weighted by molar-refractivity contribution is 5.74. The van der Waals surface area contributed by atoms with E-state index in [2.05, 4.69) is 34.2 Å². The molecule has 0 bridgehead atoms. The summed E-state index contributed by atoms with van der Waals surface area (Å²) in [7, 11) is 0. The highest BCUT2D eigenvalue weighted by atomic mass is 14.9. The van der Waals surface area contributed by atoms with Crippen molar-refractivity contribution in [3.63, 3.8) is 0 Å². The normalized spacial score (nSPS) is 16.6. The van der Waals surface area contributed by atoms with E-state index in [1.807, 2.05) is 0 Å². The van der Waals surface area contributed by atoms with Crippen LogP contribution in [0.4, 0.5) is 0 Å². The molecule has 1 heterocycles. The lowest BCUT2D eigenvalue weighted by Crippen LogP contribution is -2.05. The summed E-state index contributed by atoms with van der Waals surface area (Å²) in [6, 6.07) is 8.31. The summed E-state index contributed by atoms with van der Waals surface area (Å²) >= 11 is 0. The molecule has 2 aromatic rings. The fourth-order valence-corrected chi connectivity index (χ4v) is 3.68. The minimum Gasteiger partial charge on any atom is -0.342 e. The van der Waals surface area contributed by atoms with Gasteiger partial charge in [0, 0.05) is 6.42 Å². The third-order valence-corrected chi connectivity index (χ3v) is 4.94. The summed E-state index contributed by atoms with van der Waals surface area (Å²) in [5, 5.41) is 0. The van der Waals surface area contributed by atoms with Crippen LogP contribution in [0, 0.1) is 5.92 Å². The maximum Gasteiger partial charge on any atom is 0.107 e. The maximum absolute atomic E-state index is 4.65. The van der Waals surface area contributed by atoms with Gasteiger partial charge in [-0.3, -0.25) is 0 Å². The van der Waals surface area contributed by atoms with E-state index in [4.69, 9.17) is 0 Å². The zero-order valence-electron chi connectivity index (χ0n) is 13.1. The number of imidazole rings is 1. The fourth-order valence-electron chi connectivity index (χ4n) is 3.68. The summed E-state index contributed by atoms with van der Waals surface area (Å²) in [6.45, 7) is 0. The molecule has 1 N–H and O–H groups in total. The minimum absolute atomic E-state index is 1.05. The van der Waals surface area contributed by atoms with E-state index < -0.39 is 0 Å². The summed E-state index contributed by atoms with van der Waals surface area (Å²) in [5.74, 6) is 2.21. The van der Waals surface area contributed by atoms with Crippen LogP contribution in [0.5, 0.6) is 0 Å². The van der Waals surface area contributed by atoms with E-state index in [-0.39, 0.29) is 0 Å². The Balaban J connectivity index is 1.31.